The van der Waals surface area contributed by atoms with Crippen LogP contribution in [0, 0.1) is 0 Å². The standard InChI is InChI=1S/C10H16N4O2S/c1-10(2,3)16-9(15)14-4-6(5-14)7-12-8(11)17-13-7/h6H,4-5H2,1-3H3,(H2,11,12,13). The van der Waals surface area contributed by atoms with E-state index in [-0.39, 0.29) is 12.0 Å². The molecule has 2 N–H and O–H groups in total. The molecular weight excluding hydrogens is 240 g/mol. The maximum atomic E-state index is 11.7. The summed E-state index contributed by atoms with van der Waals surface area (Å²) in [6, 6.07) is 0. The van der Waals surface area contributed by atoms with E-state index >= 15 is 0 Å². The van der Waals surface area contributed by atoms with Crippen LogP contribution in [0.2, 0.25) is 0 Å². The lowest BCUT2D eigenvalue weighted by molar-refractivity contribution is 0.00763. The van der Waals surface area contributed by atoms with Crippen molar-refractivity contribution in [2.45, 2.75) is 32.3 Å². The number of likely N-dealkylation sites (tertiary alicyclic amines) is 1. The first-order valence-electron chi connectivity index (χ1n) is 5.42. The molecule has 7 heteroatoms. The van der Waals surface area contributed by atoms with Crippen LogP contribution in [0.5, 0.6) is 0 Å². The molecule has 1 saturated heterocycles. The number of hydrogen-bond donors (Lipinski definition) is 1. The predicted octanol–water partition coefficient (Wildman–Crippen LogP) is 1.45. The Morgan fingerprint density at radius 1 is 1.53 bits per heavy atom. The second-order valence-corrected chi connectivity index (χ2v) is 5.86. The number of nitrogens with two attached hydrogens (primary N) is 1. The Bertz CT molecular complexity index is 420. The van der Waals surface area contributed by atoms with Crippen molar-refractivity contribution >= 4 is 22.8 Å². The second-order valence-electron chi connectivity index (χ2n) is 5.07. The Morgan fingerprint density at radius 3 is 2.65 bits per heavy atom. The largest absolute Gasteiger partial charge is 0.444 e. The fourth-order valence-corrected chi connectivity index (χ4v) is 2.04. The highest BCUT2D eigenvalue weighted by atomic mass is 32.1. The van der Waals surface area contributed by atoms with E-state index in [4.69, 9.17) is 10.5 Å². The van der Waals surface area contributed by atoms with Crippen molar-refractivity contribution in [2.24, 2.45) is 0 Å². The summed E-state index contributed by atoms with van der Waals surface area (Å²) >= 11 is 1.18. The van der Waals surface area contributed by atoms with Crippen molar-refractivity contribution in [1.82, 2.24) is 14.3 Å². The van der Waals surface area contributed by atoms with Gasteiger partial charge in [-0.2, -0.15) is 4.37 Å². The number of aromatic nitrogens is 2. The molecule has 0 spiro atoms. The number of anilines is 1. The van der Waals surface area contributed by atoms with Gasteiger partial charge in [-0.25, -0.2) is 9.78 Å². The molecule has 1 aromatic heterocycles. The number of nitrogen functional groups attached to an aromatic ring is 1. The van der Waals surface area contributed by atoms with Crippen molar-refractivity contribution in [3.05, 3.63) is 5.82 Å². The number of carbonyl (C=O) groups excluding carboxylic acids is 1. The van der Waals surface area contributed by atoms with Gasteiger partial charge in [-0.1, -0.05) is 0 Å². The van der Waals surface area contributed by atoms with E-state index in [0.717, 1.165) is 5.82 Å². The Labute approximate surface area is 104 Å². The zero-order valence-corrected chi connectivity index (χ0v) is 11.0. The summed E-state index contributed by atoms with van der Waals surface area (Å²) < 4.78 is 9.39. The second kappa shape index (κ2) is 4.14. The maximum absolute atomic E-state index is 11.7. The first kappa shape index (κ1) is 12.1. The molecule has 1 aliphatic heterocycles. The summed E-state index contributed by atoms with van der Waals surface area (Å²) in [4.78, 5) is 17.4. The van der Waals surface area contributed by atoms with Gasteiger partial charge in [0.25, 0.3) is 0 Å². The number of carbonyl (C=O) groups is 1. The monoisotopic (exact) mass is 256 g/mol. The lowest BCUT2D eigenvalue weighted by Gasteiger charge is -2.38. The molecule has 0 radical (unpaired) electrons. The van der Waals surface area contributed by atoms with Crippen LogP contribution in [-0.4, -0.2) is 39.0 Å². The van der Waals surface area contributed by atoms with Crippen LogP contribution in [0.3, 0.4) is 0 Å². The van der Waals surface area contributed by atoms with E-state index in [1.54, 1.807) is 4.90 Å². The van der Waals surface area contributed by atoms with Crippen LogP contribution in [0.4, 0.5) is 9.93 Å². The lowest BCUT2D eigenvalue weighted by atomic mass is 10.0. The molecular formula is C10H16N4O2S. The Morgan fingerprint density at radius 2 is 2.18 bits per heavy atom. The lowest BCUT2D eigenvalue weighted by Crippen LogP contribution is -2.50. The fraction of sp³-hybridized carbons (Fsp3) is 0.700. The Hall–Kier alpha value is -1.37. The summed E-state index contributed by atoms with van der Waals surface area (Å²) in [7, 11) is 0. The Balaban J connectivity index is 1.85. The normalized spacial score (nSPS) is 16.8. The highest BCUT2D eigenvalue weighted by molar-refractivity contribution is 7.09. The highest BCUT2D eigenvalue weighted by Crippen LogP contribution is 2.27. The number of rotatable bonds is 1. The predicted molar refractivity (Wildman–Crippen MR) is 64.9 cm³/mol. The number of ether oxygens (including phenoxy) is 1. The summed E-state index contributed by atoms with van der Waals surface area (Å²) in [6.45, 7) is 6.76. The number of nitrogens with zero attached hydrogens (tertiary/aromatic N) is 3. The molecule has 0 saturated carbocycles. The smallest absolute Gasteiger partial charge is 0.410 e. The third-order valence-electron chi connectivity index (χ3n) is 2.36. The van der Waals surface area contributed by atoms with Crippen molar-refractivity contribution < 1.29 is 9.53 Å². The van der Waals surface area contributed by atoms with E-state index in [9.17, 15) is 4.79 Å². The third-order valence-corrected chi connectivity index (χ3v) is 2.91. The van der Waals surface area contributed by atoms with Gasteiger partial charge in [0, 0.05) is 24.6 Å². The summed E-state index contributed by atoms with van der Waals surface area (Å²) in [5, 5.41) is 0.468. The Kier molecular flexibility index (Phi) is 2.94. The summed E-state index contributed by atoms with van der Waals surface area (Å²) in [5.74, 6) is 0.920. The highest BCUT2D eigenvalue weighted by Gasteiger charge is 2.36. The van der Waals surface area contributed by atoms with Crippen molar-refractivity contribution in [3.8, 4) is 0 Å². The van der Waals surface area contributed by atoms with Gasteiger partial charge in [0.05, 0.1) is 5.92 Å². The zero-order valence-electron chi connectivity index (χ0n) is 10.1. The SMILES string of the molecule is CC(C)(C)OC(=O)N1CC(c2nsc(N)n2)C1. The molecule has 1 fully saturated rings. The molecule has 0 aliphatic carbocycles. The van der Waals surface area contributed by atoms with E-state index in [1.165, 1.54) is 11.5 Å². The van der Waals surface area contributed by atoms with E-state index in [2.05, 4.69) is 9.36 Å². The minimum absolute atomic E-state index is 0.191. The minimum Gasteiger partial charge on any atom is -0.444 e. The van der Waals surface area contributed by atoms with Crippen LogP contribution in [0.15, 0.2) is 0 Å². The van der Waals surface area contributed by atoms with Gasteiger partial charge >= 0.3 is 6.09 Å². The molecule has 94 valence electrons. The van der Waals surface area contributed by atoms with Crippen LogP contribution in [0.1, 0.15) is 32.5 Å². The molecule has 0 aromatic carbocycles. The summed E-state index contributed by atoms with van der Waals surface area (Å²) in [6.07, 6.45) is -0.281. The quantitative estimate of drug-likeness (QED) is 0.822. The summed E-state index contributed by atoms with van der Waals surface area (Å²) in [5.41, 5.74) is 5.06. The molecule has 2 rings (SSSR count). The fourth-order valence-electron chi connectivity index (χ4n) is 1.53. The molecule has 0 atom stereocenters. The number of amides is 1. The number of hydrogen-bond acceptors (Lipinski definition) is 6. The molecule has 0 bridgehead atoms. The van der Waals surface area contributed by atoms with Gasteiger partial charge in [-0.05, 0) is 20.8 Å². The molecule has 6 nitrogen and oxygen atoms in total. The molecule has 2 heterocycles. The van der Waals surface area contributed by atoms with Crippen LogP contribution >= 0.6 is 11.5 Å². The van der Waals surface area contributed by atoms with Crippen molar-refractivity contribution in [1.29, 1.82) is 0 Å². The third kappa shape index (κ3) is 2.85. The van der Waals surface area contributed by atoms with Gasteiger partial charge < -0.3 is 15.4 Å². The average Bonchev–Trinajstić information content (AvgIpc) is 2.45. The van der Waals surface area contributed by atoms with Gasteiger partial charge in [-0.3, -0.25) is 0 Å². The van der Waals surface area contributed by atoms with E-state index in [1.807, 2.05) is 20.8 Å². The van der Waals surface area contributed by atoms with Crippen LogP contribution in [0.25, 0.3) is 0 Å². The maximum Gasteiger partial charge on any atom is 0.410 e. The average molecular weight is 256 g/mol. The van der Waals surface area contributed by atoms with Crippen molar-refractivity contribution in [3.63, 3.8) is 0 Å². The molecule has 17 heavy (non-hydrogen) atoms. The van der Waals surface area contributed by atoms with Gasteiger partial charge in [-0.15, -0.1) is 0 Å². The van der Waals surface area contributed by atoms with Crippen LogP contribution < -0.4 is 5.73 Å². The van der Waals surface area contributed by atoms with Gasteiger partial charge in [0.2, 0.25) is 0 Å². The van der Waals surface area contributed by atoms with Crippen LogP contribution in [-0.2, 0) is 4.74 Å². The first-order valence-corrected chi connectivity index (χ1v) is 6.19. The molecule has 1 aliphatic rings. The topological polar surface area (TPSA) is 81.3 Å². The minimum atomic E-state index is -0.453. The molecule has 1 amide bonds. The van der Waals surface area contributed by atoms with Gasteiger partial charge in [0.15, 0.2) is 11.0 Å². The van der Waals surface area contributed by atoms with Gasteiger partial charge in [0.1, 0.15) is 5.60 Å². The first-order chi connectivity index (χ1) is 7.85. The molecule has 0 unspecified atom stereocenters. The van der Waals surface area contributed by atoms with E-state index in [0.29, 0.717) is 18.2 Å². The van der Waals surface area contributed by atoms with Crippen molar-refractivity contribution in [2.75, 3.05) is 18.8 Å². The van der Waals surface area contributed by atoms with E-state index < -0.39 is 5.60 Å². The zero-order chi connectivity index (χ0) is 12.6. The molecule has 1 aromatic rings.